The van der Waals surface area contributed by atoms with E-state index in [4.69, 9.17) is 0 Å². The molecule has 1 aliphatic rings. The topological polar surface area (TPSA) is 24.9 Å². The summed E-state index contributed by atoms with van der Waals surface area (Å²) < 4.78 is 0. The van der Waals surface area contributed by atoms with E-state index in [-0.39, 0.29) is 0 Å². The first-order chi connectivity index (χ1) is 6.86. The zero-order valence-corrected chi connectivity index (χ0v) is 8.74. The van der Waals surface area contributed by atoms with Crippen LogP contribution in [0.25, 0.3) is 0 Å². The van der Waals surface area contributed by atoms with Crippen LogP contribution >= 0.6 is 0 Å². The molecule has 1 aromatic rings. The fraction of sp³-hybridized carbons (Fsp3) is 0.583. The van der Waals surface area contributed by atoms with Crippen molar-refractivity contribution in [2.75, 3.05) is 6.54 Å². The maximum Gasteiger partial charge on any atom is 0.0302 e. The van der Waals surface area contributed by atoms with Gasteiger partial charge >= 0.3 is 0 Å². The van der Waals surface area contributed by atoms with E-state index in [2.05, 4.69) is 23.3 Å². The van der Waals surface area contributed by atoms with Gasteiger partial charge in [-0.05, 0) is 43.4 Å². The minimum Gasteiger partial charge on any atom is -0.314 e. The molecular formula is C12H18N2. The van der Waals surface area contributed by atoms with Crippen molar-refractivity contribution in [1.29, 1.82) is 0 Å². The fourth-order valence-corrected chi connectivity index (χ4v) is 2.19. The fourth-order valence-electron chi connectivity index (χ4n) is 2.19. The van der Waals surface area contributed by atoms with Crippen LogP contribution in [0, 0.1) is 0 Å². The summed E-state index contributed by atoms with van der Waals surface area (Å²) in [5.41, 5.74) is 1.36. The summed E-state index contributed by atoms with van der Waals surface area (Å²) in [6.45, 7) is 3.49. The molecule has 0 bridgehead atoms. The highest BCUT2D eigenvalue weighted by molar-refractivity contribution is 5.13. The van der Waals surface area contributed by atoms with Crippen molar-refractivity contribution in [3.8, 4) is 0 Å². The van der Waals surface area contributed by atoms with Crippen LogP contribution in [-0.2, 0) is 0 Å². The third-order valence-corrected chi connectivity index (χ3v) is 3.05. The Hall–Kier alpha value is -0.890. The number of nitrogens with zero attached hydrogens (tertiary/aromatic N) is 1. The van der Waals surface area contributed by atoms with E-state index >= 15 is 0 Å². The third-order valence-electron chi connectivity index (χ3n) is 3.05. The highest BCUT2D eigenvalue weighted by atomic mass is 14.9. The monoisotopic (exact) mass is 190 g/mol. The molecule has 0 saturated carbocycles. The molecule has 1 aliphatic heterocycles. The molecule has 1 saturated heterocycles. The van der Waals surface area contributed by atoms with Crippen LogP contribution in [0.3, 0.4) is 0 Å². The van der Waals surface area contributed by atoms with E-state index in [1.807, 2.05) is 18.5 Å². The Morgan fingerprint density at radius 2 is 2.57 bits per heavy atom. The van der Waals surface area contributed by atoms with Crippen LogP contribution in [0.2, 0.25) is 0 Å². The Morgan fingerprint density at radius 3 is 3.21 bits per heavy atom. The summed E-state index contributed by atoms with van der Waals surface area (Å²) in [5, 5.41) is 3.54. The van der Waals surface area contributed by atoms with Crippen LogP contribution in [0.5, 0.6) is 0 Å². The molecule has 2 rings (SSSR count). The smallest absolute Gasteiger partial charge is 0.0302 e. The molecule has 0 spiro atoms. The van der Waals surface area contributed by atoms with E-state index in [1.54, 1.807) is 0 Å². The van der Waals surface area contributed by atoms with E-state index in [0.29, 0.717) is 5.92 Å². The number of pyridine rings is 1. The molecule has 76 valence electrons. The van der Waals surface area contributed by atoms with Crippen molar-refractivity contribution >= 4 is 0 Å². The summed E-state index contributed by atoms with van der Waals surface area (Å²) in [5.74, 6) is 0.624. The molecule has 2 atom stereocenters. The lowest BCUT2D eigenvalue weighted by molar-refractivity contribution is 0.509. The number of rotatable bonds is 3. The average molecular weight is 190 g/mol. The van der Waals surface area contributed by atoms with E-state index in [9.17, 15) is 0 Å². The van der Waals surface area contributed by atoms with Gasteiger partial charge in [-0.15, -0.1) is 0 Å². The zero-order chi connectivity index (χ0) is 9.80. The Balaban J connectivity index is 1.92. The second-order valence-corrected chi connectivity index (χ2v) is 4.22. The van der Waals surface area contributed by atoms with Gasteiger partial charge in [-0.3, -0.25) is 4.98 Å². The first kappa shape index (κ1) is 9.66. The molecule has 2 heterocycles. The largest absolute Gasteiger partial charge is 0.314 e. The molecule has 2 unspecified atom stereocenters. The summed E-state index contributed by atoms with van der Waals surface area (Å²) in [7, 11) is 0. The highest BCUT2D eigenvalue weighted by Crippen LogP contribution is 2.22. The van der Waals surface area contributed by atoms with Crippen molar-refractivity contribution in [1.82, 2.24) is 10.3 Å². The average Bonchev–Trinajstić information content (AvgIpc) is 2.72. The van der Waals surface area contributed by atoms with Gasteiger partial charge in [0.2, 0.25) is 0 Å². The summed E-state index contributed by atoms with van der Waals surface area (Å²) in [6.07, 6.45) is 7.74. The molecule has 0 aromatic carbocycles. The molecule has 14 heavy (non-hydrogen) atoms. The van der Waals surface area contributed by atoms with Crippen LogP contribution in [-0.4, -0.2) is 17.6 Å². The van der Waals surface area contributed by atoms with Gasteiger partial charge in [0, 0.05) is 18.4 Å². The minimum absolute atomic E-state index is 0.624. The Kier molecular flexibility index (Phi) is 3.14. The lowest BCUT2D eigenvalue weighted by Gasteiger charge is -2.16. The molecule has 1 aromatic heterocycles. The van der Waals surface area contributed by atoms with Crippen LogP contribution in [0.4, 0.5) is 0 Å². The van der Waals surface area contributed by atoms with Crippen LogP contribution in [0.15, 0.2) is 24.5 Å². The number of hydrogen-bond donors (Lipinski definition) is 1. The Labute approximate surface area is 85.7 Å². The molecule has 2 heteroatoms. The van der Waals surface area contributed by atoms with Crippen molar-refractivity contribution in [3.63, 3.8) is 0 Å². The summed E-state index contributed by atoms with van der Waals surface area (Å²) in [6, 6.07) is 4.92. The molecule has 1 fully saturated rings. The van der Waals surface area contributed by atoms with Gasteiger partial charge < -0.3 is 5.32 Å². The normalized spacial score (nSPS) is 23.6. The van der Waals surface area contributed by atoms with Gasteiger partial charge in [0.25, 0.3) is 0 Å². The predicted octanol–water partition coefficient (Wildman–Crippen LogP) is 2.33. The first-order valence-electron chi connectivity index (χ1n) is 5.49. The van der Waals surface area contributed by atoms with Crippen molar-refractivity contribution in [2.45, 2.75) is 38.1 Å². The number of nitrogens with one attached hydrogen (secondary N) is 1. The van der Waals surface area contributed by atoms with Crippen LogP contribution < -0.4 is 5.32 Å². The maximum atomic E-state index is 4.16. The van der Waals surface area contributed by atoms with E-state index in [1.165, 1.54) is 31.4 Å². The van der Waals surface area contributed by atoms with Gasteiger partial charge in [0.05, 0.1) is 0 Å². The molecule has 1 N–H and O–H groups in total. The number of aromatic nitrogens is 1. The van der Waals surface area contributed by atoms with Gasteiger partial charge in [0.1, 0.15) is 0 Å². The zero-order valence-electron chi connectivity index (χ0n) is 8.74. The standard InChI is InChI=1S/C12H18N2/c1-10(8-12-5-3-7-14-12)11-4-2-6-13-9-11/h2,4,6,9-10,12,14H,3,5,7-8H2,1H3. The minimum atomic E-state index is 0.624. The lowest BCUT2D eigenvalue weighted by Crippen LogP contribution is -2.23. The van der Waals surface area contributed by atoms with Crippen LogP contribution in [0.1, 0.15) is 37.7 Å². The van der Waals surface area contributed by atoms with Gasteiger partial charge in [0.15, 0.2) is 0 Å². The quantitative estimate of drug-likeness (QED) is 0.791. The lowest BCUT2D eigenvalue weighted by atomic mass is 9.94. The van der Waals surface area contributed by atoms with Gasteiger partial charge in [-0.2, -0.15) is 0 Å². The Morgan fingerprint density at radius 1 is 1.64 bits per heavy atom. The van der Waals surface area contributed by atoms with Gasteiger partial charge in [-0.1, -0.05) is 13.0 Å². The van der Waals surface area contributed by atoms with Crippen molar-refractivity contribution in [2.24, 2.45) is 0 Å². The second kappa shape index (κ2) is 4.56. The maximum absolute atomic E-state index is 4.16. The third kappa shape index (κ3) is 2.32. The molecule has 0 amide bonds. The van der Waals surface area contributed by atoms with Crippen molar-refractivity contribution in [3.05, 3.63) is 30.1 Å². The first-order valence-corrected chi connectivity index (χ1v) is 5.49. The summed E-state index contributed by atoms with van der Waals surface area (Å²) >= 11 is 0. The van der Waals surface area contributed by atoms with E-state index in [0.717, 1.165) is 6.04 Å². The summed E-state index contributed by atoms with van der Waals surface area (Å²) in [4.78, 5) is 4.16. The molecule has 0 radical (unpaired) electrons. The van der Waals surface area contributed by atoms with E-state index < -0.39 is 0 Å². The molecular weight excluding hydrogens is 172 g/mol. The predicted molar refractivity (Wildman–Crippen MR) is 58.3 cm³/mol. The molecule has 2 nitrogen and oxygen atoms in total. The second-order valence-electron chi connectivity index (χ2n) is 4.22. The highest BCUT2D eigenvalue weighted by Gasteiger charge is 2.17. The van der Waals surface area contributed by atoms with Gasteiger partial charge in [-0.25, -0.2) is 0 Å². The van der Waals surface area contributed by atoms with Crippen molar-refractivity contribution < 1.29 is 0 Å². The molecule has 0 aliphatic carbocycles. The number of hydrogen-bond acceptors (Lipinski definition) is 2. The Bertz CT molecular complexity index is 265. The SMILES string of the molecule is CC(CC1CCCN1)c1cccnc1.